The Morgan fingerprint density at radius 2 is 1.97 bits per heavy atom. The van der Waals surface area contributed by atoms with E-state index in [0.717, 1.165) is 18.7 Å². The topological polar surface area (TPSA) is 63.7 Å². The molecule has 1 atom stereocenters. The van der Waals surface area contributed by atoms with Crippen molar-refractivity contribution in [3.63, 3.8) is 0 Å². The first kappa shape index (κ1) is 21.8. The summed E-state index contributed by atoms with van der Waals surface area (Å²) in [5, 5.41) is 3.98. The van der Waals surface area contributed by atoms with Gasteiger partial charge in [-0.2, -0.15) is 0 Å². The third-order valence-electron chi connectivity index (χ3n) is 4.62. The highest BCUT2D eigenvalue weighted by Gasteiger charge is 2.25. The average molecular weight is 438 g/mol. The van der Waals surface area contributed by atoms with E-state index < -0.39 is 0 Å². The van der Waals surface area contributed by atoms with Gasteiger partial charge in [0.1, 0.15) is 5.02 Å². The Morgan fingerprint density at radius 1 is 1.24 bits per heavy atom. The van der Waals surface area contributed by atoms with E-state index in [1.54, 1.807) is 6.07 Å². The van der Waals surface area contributed by atoms with Crippen molar-refractivity contribution in [2.75, 3.05) is 32.8 Å². The Balaban J connectivity index is 1.72. The van der Waals surface area contributed by atoms with Crippen molar-refractivity contribution in [3.8, 4) is 5.88 Å². The zero-order valence-electron chi connectivity index (χ0n) is 16.5. The Kier molecular flexibility index (Phi) is 7.72. The molecule has 0 spiro atoms. The molecule has 0 bridgehead atoms. The quantitative estimate of drug-likeness (QED) is 0.709. The van der Waals surface area contributed by atoms with Crippen LogP contribution < -0.4 is 10.1 Å². The van der Waals surface area contributed by atoms with E-state index in [1.165, 1.54) is 6.20 Å². The van der Waals surface area contributed by atoms with Gasteiger partial charge in [0.05, 0.1) is 30.9 Å². The van der Waals surface area contributed by atoms with Gasteiger partial charge in [-0.1, -0.05) is 41.4 Å². The molecule has 1 aliphatic heterocycles. The fourth-order valence-corrected chi connectivity index (χ4v) is 3.69. The molecule has 1 aliphatic rings. The number of aromatic nitrogens is 1. The lowest BCUT2D eigenvalue weighted by atomic mass is 10.0. The number of rotatable bonds is 7. The van der Waals surface area contributed by atoms with Gasteiger partial charge < -0.3 is 14.8 Å². The van der Waals surface area contributed by atoms with E-state index in [0.29, 0.717) is 41.2 Å². The number of hydrogen-bond acceptors (Lipinski definition) is 5. The third kappa shape index (κ3) is 5.82. The smallest absolute Gasteiger partial charge is 0.252 e. The van der Waals surface area contributed by atoms with Gasteiger partial charge in [-0.15, -0.1) is 0 Å². The SMILES string of the molecule is CC(C)Oc1ncc(C(=O)NCC(c2ccccc2Cl)N2CCOCC2)cc1Cl. The summed E-state index contributed by atoms with van der Waals surface area (Å²) in [5.74, 6) is 0.0706. The van der Waals surface area contributed by atoms with Gasteiger partial charge in [0.15, 0.2) is 0 Å². The number of carbonyl (C=O) groups is 1. The zero-order valence-corrected chi connectivity index (χ0v) is 18.0. The van der Waals surface area contributed by atoms with Crippen LogP contribution in [-0.4, -0.2) is 54.7 Å². The van der Waals surface area contributed by atoms with Crippen LogP contribution in [0.5, 0.6) is 5.88 Å². The summed E-state index contributed by atoms with van der Waals surface area (Å²) in [6, 6.07) is 9.22. The van der Waals surface area contributed by atoms with Crippen molar-refractivity contribution in [1.82, 2.24) is 15.2 Å². The van der Waals surface area contributed by atoms with Crippen LogP contribution in [0.15, 0.2) is 36.5 Å². The molecule has 1 saturated heterocycles. The van der Waals surface area contributed by atoms with Crippen molar-refractivity contribution >= 4 is 29.1 Å². The van der Waals surface area contributed by atoms with E-state index >= 15 is 0 Å². The molecule has 1 fully saturated rings. The minimum absolute atomic E-state index is 0.0513. The summed E-state index contributed by atoms with van der Waals surface area (Å²) >= 11 is 12.6. The van der Waals surface area contributed by atoms with Crippen LogP contribution in [0, 0.1) is 0 Å². The lowest BCUT2D eigenvalue weighted by Crippen LogP contribution is -2.44. The van der Waals surface area contributed by atoms with Crippen molar-refractivity contribution in [1.29, 1.82) is 0 Å². The molecule has 3 rings (SSSR count). The highest BCUT2D eigenvalue weighted by atomic mass is 35.5. The maximum Gasteiger partial charge on any atom is 0.252 e. The predicted octanol–water partition coefficient (Wildman–Crippen LogP) is 3.98. The Hall–Kier alpha value is -1.86. The van der Waals surface area contributed by atoms with Gasteiger partial charge in [0, 0.05) is 30.9 Å². The number of carbonyl (C=O) groups excluding carboxylic acids is 1. The number of ether oxygens (including phenoxy) is 2. The van der Waals surface area contributed by atoms with Crippen LogP contribution in [0.3, 0.4) is 0 Å². The summed E-state index contributed by atoms with van der Waals surface area (Å²) in [6.45, 7) is 7.06. The summed E-state index contributed by atoms with van der Waals surface area (Å²) < 4.78 is 11.0. The zero-order chi connectivity index (χ0) is 20.8. The first-order valence-corrected chi connectivity index (χ1v) is 10.4. The molecule has 1 amide bonds. The van der Waals surface area contributed by atoms with Gasteiger partial charge in [-0.3, -0.25) is 9.69 Å². The Morgan fingerprint density at radius 3 is 2.62 bits per heavy atom. The second-order valence-electron chi connectivity index (χ2n) is 7.07. The van der Waals surface area contributed by atoms with Crippen LogP contribution in [0.1, 0.15) is 35.8 Å². The van der Waals surface area contributed by atoms with Gasteiger partial charge in [-0.05, 0) is 31.5 Å². The Labute approximate surface area is 181 Å². The largest absolute Gasteiger partial charge is 0.474 e. The van der Waals surface area contributed by atoms with Crippen LogP contribution in [0.2, 0.25) is 10.0 Å². The minimum atomic E-state index is -0.249. The van der Waals surface area contributed by atoms with Crippen LogP contribution in [-0.2, 0) is 4.74 Å². The van der Waals surface area contributed by atoms with E-state index in [2.05, 4.69) is 15.2 Å². The molecular formula is C21H25Cl2N3O3. The van der Waals surface area contributed by atoms with Crippen LogP contribution in [0.4, 0.5) is 0 Å². The fourth-order valence-electron chi connectivity index (χ4n) is 3.22. The van der Waals surface area contributed by atoms with E-state index in [4.69, 9.17) is 32.7 Å². The van der Waals surface area contributed by atoms with E-state index in [1.807, 2.05) is 38.1 Å². The molecule has 0 radical (unpaired) electrons. The van der Waals surface area contributed by atoms with Gasteiger partial charge in [-0.25, -0.2) is 4.98 Å². The van der Waals surface area contributed by atoms with E-state index in [-0.39, 0.29) is 18.1 Å². The molecule has 1 unspecified atom stereocenters. The molecule has 8 heteroatoms. The lowest BCUT2D eigenvalue weighted by Gasteiger charge is -2.35. The highest BCUT2D eigenvalue weighted by molar-refractivity contribution is 6.32. The molecule has 1 N–H and O–H groups in total. The number of benzene rings is 1. The number of halogens is 2. The summed E-state index contributed by atoms with van der Waals surface area (Å²) in [7, 11) is 0. The summed E-state index contributed by atoms with van der Waals surface area (Å²) in [5.41, 5.74) is 1.36. The van der Waals surface area contributed by atoms with E-state index in [9.17, 15) is 4.79 Å². The van der Waals surface area contributed by atoms with Gasteiger partial charge >= 0.3 is 0 Å². The monoisotopic (exact) mass is 437 g/mol. The van der Waals surface area contributed by atoms with Gasteiger partial charge in [0.2, 0.25) is 5.88 Å². The van der Waals surface area contributed by atoms with Crippen molar-refractivity contribution in [2.24, 2.45) is 0 Å². The van der Waals surface area contributed by atoms with Crippen molar-refractivity contribution in [2.45, 2.75) is 26.0 Å². The third-order valence-corrected chi connectivity index (χ3v) is 5.24. The van der Waals surface area contributed by atoms with Crippen LogP contribution in [0.25, 0.3) is 0 Å². The molecule has 156 valence electrons. The average Bonchev–Trinajstić information content (AvgIpc) is 2.71. The molecule has 2 heterocycles. The number of morpholine rings is 1. The normalized spacial score (nSPS) is 15.9. The summed E-state index contributed by atoms with van der Waals surface area (Å²) in [6.07, 6.45) is 1.42. The number of pyridine rings is 1. The van der Waals surface area contributed by atoms with Crippen LogP contribution >= 0.6 is 23.2 Å². The molecule has 6 nitrogen and oxygen atoms in total. The molecular weight excluding hydrogens is 413 g/mol. The predicted molar refractivity (Wildman–Crippen MR) is 114 cm³/mol. The maximum absolute atomic E-state index is 12.7. The number of hydrogen-bond donors (Lipinski definition) is 1. The lowest BCUT2D eigenvalue weighted by molar-refractivity contribution is 0.0162. The number of nitrogens with zero attached hydrogens (tertiary/aromatic N) is 2. The fraction of sp³-hybridized carbons (Fsp3) is 0.429. The van der Waals surface area contributed by atoms with Gasteiger partial charge in [0.25, 0.3) is 5.91 Å². The highest BCUT2D eigenvalue weighted by Crippen LogP contribution is 2.28. The first-order valence-electron chi connectivity index (χ1n) is 9.62. The van der Waals surface area contributed by atoms with Crippen molar-refractivity contribution < 1.29 is 14.3 Å². The second kappa shape index (κ2) is 10.3. The first-order chi connectivity index (χ1) is 14.0. The second-order valence-corrected chi connectivity index (χ2v) is 7.89. The molecule has 2 aromatic rings. The minimum Gasteiger partial charge on any atom is -0.474 e. The molecule has 0 saturated carbocycles. The number of amides is 1. The molecule has 0 aliphatic carbocycles. The standard InChI is InChI=1S/C21H25Cl2N3O3/c1-14(2)29-21-18(23)11-15(12-25-21)20(27)24-13-19(26-7-9-28-10-8-26)16-5-3-4-6-17(16)22/h3-6,11-12,14,19H,7-10,13H2,1-2H3,(H,24,27). The molecule has 1 aromatic carbocycles. The Bertz CT molecular complexity index is 842. The number of nitrogens with one attached hydrogen (secondary N) is 1. The summed E-state index contributed by atoms with van der Waals surface area (Å²) in [4.78, 5) is 19.1. The molecule has 29 heavy (non-hydrogen) atoms. The van der Waals surface area contributed by atoms with Crippen molar-refractivity contribution in [3.05, 3.63) is 57.7 Å². The molecule has 1 aromatic heterocycles. The maximum atomic E-state index is 12.7.